The minimum absolute atomic E-state index is 0. The average molecular weight is 512 g/mol. The second kappa shape index (κ2) is 13.3. The molecule has 1 rings (SSSR count). The first-order chi connectivity index (χ1) is 12.3. The van der Waals surface area contributed by atoms with Gasteiger partial charge >= 0.3 is 0 Å². The topological polar surface area (TPSA) is 106 Å². The van der Waals surface area contributed by atoms with Crippen LogP contribution in [0.1, 0.15) is 32.8 Å². The molecule has 1 unspecified atom stereocenters. The van der Waals surface area contributed by atoms with Gasteiger partial charge in [0.25, 0.3) is 0 Å². The maximum Gasteiger partial charge on any atom is 0.238 e. The van der Waals surface area contributed by atoms with E-state index in [9.17, 15) is 8.42 Å². The zero-order valence-corrected chi connectivity index (χ0v) is 19.7. The molecule has 0 aliphatic rings. The molecule has 156 valence electrons. The number of nitrogens with zero attached hydrogens (tertiary/aromatic N) is 1. The number of sulfonamides is 1. The summed E-state index contributed by atoms with van der Waals surface area (Å²) in [6.07, 6.45) is 1.91. The molecule has 0 saturated carbocycles. The summed E-state index contributed by atoms with van der Waals surface area (Å²) in [7, 11) is -1.91. The number of ether oxygens (including phenoxy) is 1. The molecular weight excluding hydrogens is 479 g/mol. The van der Waals surface area contributed by atoms with Gasteiger partial charge in [0.15, 0.2) is 5.96 Å². The molecule has 0 aliphatic heterocycles. The second-order valence-electron chi connectivity index (χ2n) is 6.39. The fourth-order valence-electron chi connectivity index (χ4n) is 2.55. The van der Waals surface area contributed by atoms with Gasteiger partial charge in [0.05, 0.1) is 11.0 Å². The predicted molar refractivity (Wildman–Crippen MR) is 121 cm³/mol. The highest BCUT2D eigenvalue weighted by Crippen LogP contribution is 2.10. The van der Waals surface area contributed by atoms with Crippen molar-refractivity contribution >= 4 is 40.0 Å². The summed E-state index contributed by atoms with van der Waals surface area (Å²) in [6.45, 7) is 8.53. The van der Waals surface area contributed by atoms with Crippen LogP contribution >= 0.6 is 24.0 Å². The smallest absolute Gasteiger partial charge is 0.238 e. The van der Waals surface area contributed by atoms with Gasteiger partial charge in [-0.05, 0) is 43.4 Å². The minimum atomic E-state index is -3.64. The van der Waals surface area contributed by atoms with Gasteiger partial charge in [0.1, 0.15) is 0 Å². The number of aliphatic imine (C=N–C) groups is 1. The van der Waals surface area contributed by atoms with E-state index in [1.165, 1.54) is 12.1 Å². The summed E-state index contributed by atoms with van der Waals surface area (Å²) in [6, 6.07) is 6.59. The fourth-order valence-corrected chi connectivity index (χ4v) is 3.06. The largest absolute Gasteiger partial charge is 0.378 e. The van der Waals surface area contributed by atoms with Crippen molar-refractivity contribution in [3.05, 3.63) is 29.8 Å². The molecule has 0 radical (unpaired) electrons. The van der Waals surface area contributed by atoms with Crippen LogP contribution in [0.5, 0.6) is 0 Å². The quantitative estimate of drug-likeness (QED) is 0.253. The molecule has 1 aromatic rings. The van der Waals surface area contributed by atoms with Crippen LogP contribution in [-0.2, 0) is 21.2 Å². The summed E-state index contributed by atoms with van der Waals surface area (Å²) in [4.78, 5) is 4.34. The van der Waals surface area contributed by atoms with E-state index in [4.69, 9.17) is 9.88 Å². The summed E-state index contributed by atoms with van der Waals surface area (Å²) in [5.74, 6) is 1.22. The third kappa shape index (κ3) is 10.3. The highest BCUT2D eigenvalue weighted by atomic mass is 127. The number of rotatable bonds is 10. The molecule has 0 saturated heterocycles. The first-order valence-electron chi connectivity index (χ1n) is 8.95. The Kier molecular flexibility index (Phi) is 12.8. The Morgan fingerprint density at radius 1 is 1.19 bits per heavy atom. The Balaban J connectivity index is 0.00000676. The van der Waals surface area contributed by atoms with E-state index in [2.05, 4.69) is 29.5 Å². The molecule has 0 aromatic heterocycles. The van der Waals surface area contributed by atoms with Gasteiger partial charge in [-0.3, -0.25) is 4.99 Å². The number of hydrogen-bond donors (Lipinski definition) is 3. The van der Waals surface area contributed by atoms with E-state index in [-0.39, 0.29) is 35.0 Å². The van der Waals surface area contributed by atoms with E-state index in [0.717, 1.165) is 37.5 Å². The van der Waals surface area contributed by atoms with E-state index in [1.807, 2.05) is 6.92 Å². The van der Waals surface area contributed by atoms with Crippen molar-refractivity contribution in [2.75, 3.05) is 26.7 Å². The van der Waals surface area contributed by atoms with Crippen LogP contribution in [0.25, 0.3) is 0 Å². The molecule has 0 heterocycles. The van der Waals surface area contributed by atoms with Crippen molar-refractivity contribution in [1.29, 1.82) is 0 Å². The van der Waals surface area contributed by atoms with Crippen LogP contribution in [0.3, 0.4) is 0 Å². The first-order valence-corrected chi connectivity index (χ1v) is 10.5. The van der Waals surface area contributed by atoms with Gasteiger partial charge in [-0.1, -0.05) is 26.0 Å². The molecule has 9 heteroatoms. The Labute approximate surface area is 180 Å². The first kappa shape index (κ1) is 26.1. The van der Waals surface area contributed by atoms with E-state index < -0.39 is 10.0 Å². The van der Waals surface area contributed by atoms with Gasteiger partial charge in [0, 0.05) is 26.7 Å². The maximum atomic E-state index is 11.3. The zero-order chi connectivity index (χ0) is 19.6. The maximum absolute atomic E-state index is 11.3. The standard InChI is InChI=1S/C18H32N4O3S.HI/c1-5-25-17(14(2)3)11-13-22-18(20-4)21-12-10-15-6-8-16(9-7-15)26(19,23)24;/h6-9,14,17H,5,10-13H2,1-4H3,(H2,19,23,24)(H2,20,21,22);1H. The molecule has 1 atom stereocenters. The molecule has 27 heavy (non-hydrogen) atoms. The molecule has 7 nitrogen and oxygen atoms in total. The van der Waals surface area contributed by atoms with Gasteiger partial charge in [-0.2, -0.15) is 0 Å². The fraction of sp³-hybridized carbons (Fsp3) is 0.611. The summed E-state index contributed by atoms with van der Waals surface area (Å²) >= 11 is 0. The lowest BCUT2D eigenvalue weighted by molar-refractivity contribution is 0.0258. The Morgan fingerprint density at radius 3 is 2.26 bits per heavy atom. The van der Waals surface area contributed by atoms with Crippen LogP contribution < -0.4 is 15.8 Å². The minimum Gasteiger partial charge on any atom is -0.378 e. The molecule has 0 spiro atoms. The number of nitrogens with two attached hydrogens (primary N) is 1. The average Bonchev–Trinajstić information content (AvgIpc) is 2.59. The Morgan fingerprint density at radius 2 is 1.78 bits per heavy atom. The second-order valence-corrected chi connectivity index (χ2v) is 7.95. The van der Waals surface area contributed by atoms with Crippen LogP contribution in [-0.4, -0.2) is 47.2 Å². The highest BCUT2D eigenvalue weighted by Gasteiger charge is 2.13. The van der Waals surface area contributed by atoms with Crippen molar-refractivity contribution < 1.29 is 13.2 Å². The van der Waals surface area contributed by atoms with E-state index in [1.54, 1.807) is 19.2 Å². The number of halogens is 1. The number of nitrogens with one attached hydrogen (secondary N) is 2. The molecule has 0 aliphatic carbocycles. The summed E-state index contributed by atoms with van der Waals surface area (Å²) in [5, 5.41) is 11.6. The lowest BCUT2D eigenvalue weighted by atomic mass is 10.0. The van der Waals surface area contributed by atoms with Crippen molar-refractivity contribution in [1.82, 2.24) is 10.6 Å². The van der Waals surface area contributed by atoms with Crippen LogP contribution in [0.15, 0.2) is 34.2 Å². The zero-order valence-electron chi connectivity index (χ0n) is 16.6. The third-order valence-corrected chi connectivity index (χ3v) is 4.96. The SMILES string of the molecule is CCOC(CCNC(=NC)NCCc1ccc(S(N)(=O)=O)cc1)C(C)C.I. The number of benzene rings is 1. The summed E-state index contributed by atoms with van der Waals surface area (Å²) < 4.78 is 28.2. The predicted octanol–water partition coefficient (Wildman–Crippen LogP) is 2.11. The highest BCUT2D eigenvalue weighted by molar-refractivity contribution is 14.0. The van der Waals surface area contributed by atoms with Crippen molar-refractivity contribution in [3.63, 3.8) is 0 Å². The Hall–Kier alpha value is -0.910. The van der Waals surface area contributed by atoms with Gasteiger partial charge in [0.2, 0.25) is 10.0 Å². The van der Waals surface area contributed by atoms with Crippen LogP contribution in [0.2, 0.25) is 0 Å². The number of primary sulfonamides is 1. The van der Waals surface area contributed by atoms with Gasteiger partial charge < -0.3 is 15.4 Å². The van der Waals surface area contributed by atoms with Crippen molar-refractivity contribution in [2.24, 2.45) is 16.0 Å². The third-order valence-electron chi connectivity index (χ3n) is 4.03. The normalized spacial score (nSPS) is 13.2. The molecule has 0 bridgehead atoms. The molecule has 1 aromatic carbocycles. The molecular formula is C18H33IN4O3S. The van der Waals surface area contributed by atoms with E-state index >= 15 is 0 Å². The Bertz CT molecular complexity index is 664. The molecule has 4 N–H and O–H groups in total. The molecule has 0 fully saturated rings. The monoisotopic (exact) mass is 512 g/mol. The van der Waals surface area contributed by atoms with Crippen LogP contribution in [0.4, 0.5) is 0 Å². The molecule has 0 amide bonds. The van der Waals surface area contributed by atoms with Gasteiger partial charge in [-0.15, -0.1) is 24.0 Å². The van der Waals surface area contributed by atoms with Gasteiger partial charge in [-0.25, -0.2) is 13.6 Å². The number of hydrogen-bond acceptors (Lipinski definition) is 4. The lowest BCUT2D eigenvalue weighted by Gasteiger charge is -2.21. The lowest BCUT2D eigenvalue weighted by Crippen LogP contribution is -2.40. The number of guanidine groups is 1. The van der Waals surface area contributed by atoms with Crippen LogP contribution in [0, 0.1) is 5.92 Å². The van der Waals surface area contributed by atoms with E-state index in [0.29, 0.717) is 12.5 Å². The van der Waals surface area contributed by atoms with Crippen molar-refractivity contribution in [3.8, 4) is 0 Å². The van der Waals surface area contributed by atoms with Crippen molar-refractivity contribution in [2.45, 2.75) is 44.6 Å². The summed E-state index contributed by atoms with van der Waals surface area (Å²) in [5.41, 5.74) is 1.02.